The highest BCUT2D eigenvalue weighted by Gasteiger charge is 2.17. The van der Waals surface area contributed by atoms with E-state index in [1.54, 1.807) is 17.4 Å². The van der Waals surface area contributed by atoms with Crippen molar-refractivity contribution >= 4 is 27.5 Å². The summed E-state index contributed by atoms with van der Waals surface area (Å²) >= 11 is 1.64. The summed E-state index contributed by atoms with van der Waals surface area (Å²) in [4.78, 5) is 17.3. The van der Waals surface area contributed by atoms with Gasteiger partial charge in [-0.3, -0.25) is 0 Å². The van der Waals surface area contributed by atoms with E-state index in [4.69, 9.17) is 9.26 Å². The van der Waals surface area contributed by atoms with E-state index in [2.05, 4.69) is 16.2 Å². The lowest BCUT2D eigenvalue weighted by molar-refractivity contribution is 0.0469. The Balaban J connectivity index is 1.54. The molecule has 0 amide bonds. The van der Waals surface area contributed by atoms with Gasteiger partial charge >= 0.3 is 5.97 Å². The van der Waals surface area contributed by atoms with E-state index < -0.39 is 0 Å². The van der Waals surface area contributed by atoms with Crippen LogP contribution in [0.15, 0.2) is 53.1 Å². The quantitative estimate of drug-likeness (QED) is 0.465. The lowest BCUT2D eigenvalue weighted by Crippen LogP contribution is -2.09. The molecule has 0 saturated heterocycles. The molecule has 0 N–H and O–H groups in total. The highest BCUT2D eigenvalue weighted by atomic mass is 32.1. The molecule has 0 saturated carbocycles. The van der Waals surface area contributed by atoms with Gasteiger partial charge in [-0.15, -0.1) is 11.3 Å². The first-order valence-corrected chi connectivity index (χ1v) is 9.44. The first kappa shape index (κ1) is 17.4. The Labute approximate surface area is 160 Å². The predicted molar refractivity (Wildman–Crippen MR) is 104 cm³/mol. The Morgan fingerprint density at radius 3 is 2.67 bits per heavy atom. The molecule has 4 aromatic rings. The molecule has 0 aliphatic heterocycles. The maximum absolute atomic E-state index is 12.7. The van der Waals surface area contributed by atoms with Crippen molar-refractivity contribution < 1.29 is 14.1 Å². The number of nitrogens with zero attached hydrogens (tertiary/aromatic N) is 2. The van der Waals surface area contributed by atoms with Crippen LogP contribution in [0.4, 0.5) is 0 Å². The third kappa shape index (κ3) is 3.61. The topological polar surface area (TPSA) is 65.2 Å². The zero-order valence-corrected chi connectivity index (χ0v) is 15.9. The van der Waals surface area contributed by atoms with Gasteiger partial charge in [0.2, 0.25) is 0 Å². The van der Waals surface area contributed by atoms with Crippen LogP contribution in [-0.4, -0.2) is 16.1 Å². The highest BCUT2D eigenvalue weighted by molar-refractivity contribution is 7.18. The number of hydrogen-bond donors (Lipinski definition) is 0. The Bertz CT molecular complexity index is 1060. The maximum atomic E-state index is 12.7. The monoisotopic (exact) mass is 378 g/mol. The molecular formula is C21H18N2O3S. The second-order valence-electron chi connectivity index (χ2n) is 6.29. The molecule has 0 aliphatic carbocycles. The molecule has 2 aromatic heterocycles. The molecule has 0 fully saturated rings. The second-order valence-corrected chi connectivity index (χ2v) is 7.40. The molecule has 2 heterocycles. The number of rotatable bonds is 5. The number of hydrogen-bond acceptors (Lipinski definition) is 6. The van der Waals surface area contributed by atoms with Crippen molar-refractivity contribution in [2.75, 3.05) is 0 Å². The summed E-state index contributed by atoms with van der Waals surface area (Å²) in [5, 5.41) is 4.86. The fourth-order valence-electron chi connectivity index (χ4n) is 2.96. The number of aromatic nitrogens is 2. The number of aryl methyl sites for hydroxylation is 2. The molecule has 0 radical (unpaired) electrons. The molecule has 136 valence electrons. The molecule has 0 spiro atoms. The van der Waals surface area contributed by atoms with Gasteiger partial charge in [-0.05, 0) is 37.6 Å². The SMILES string of the molecule is Cc1noc(C)c1COC(=O)c1ccccc1Cc1nc2ccccc2s1. The summed E-state index contributed by atoms with van der Waals surface area (Å²) in [6.45, 7) is 3.79. The average Bonchev–Trinajstić information content (AvgIpc) is 3.22. The fourth-order valence-corrected chi connectivity index (χ4v) is 3.95. The van der Waals surface area contributed by atoms with E-state index in [0.29, 0.717) is 17.7 Å². The number of esters is 1. The minimum atomic E-state index is -0.355. The smallest absolute Gasteiger partial charge is 0.338 e. The lowest BCUT2D eigenvalue weighted by atomic mass is 10.1. The van der Waals surface area contributed by atoms with Crippen molar-refractivity contribution in [3.63, 3.8) is 0 Å². The Morgan fingerprint density at radius 2 is 1.89 bits per heavy atom. The van der Waals surface area contributed by atoms with E-state index in [1.807, 2.05) is 50.2 Å². The van der Waals surface area contributed by atoms with E-state index >= 15 is 0 Å². The van der Waals surface area contributed by atoms with E-state index in [9.17, 15) is 4.79 Å². The van der Waals surface area contributed by atoms with Gasteiger partial charge in [0.05, 0.1) is 32.0 Å². The number of fused-ring (bicyclic) bond motifs is 1. The molecule has 2 aromatic carbocycles. The van der Waals surface area contributed by atoms with Crippen molar-refractivity contribution in [1.29, 1.82) is 0 Å². The maximum Gasteiger partial charge on any atom is 0.338 e. The van der Waals surface area contributed by atoms with Crippen molar-refractivity contribution in [3.8, 4) is 0 Å². The molecule has 4 rings (SSSR count). The summed E-state index contributed by atoms with van der Waals surface area (Å²) in [5.74, 6) is 0.315. The van der Waals surface area contributed by atoms with Crippen molar-refractivity contribution in [1.82, 2.24) is 10.1 Å². The molecule has 0 atom stereocenters. The highest BCUT2D eigenvalue weighted by Crippen LogP contribution is 2.25. The van der Waals surface area contributed by atoms with Gasteiger partial charge in [-0.25, -0.2) is 9.78 Å². The van der Waals surface area contributed by atoms with Crippen LogP contribution in [-0.2, 0) is 17.8 Å². The Hall–Kier alpha value is -2.99. The Morgan fingerprint density at radius 1 is 1.11 bits per heavy atom. The van der Waals surface area contributed by atoms with Gasteiger partial charge in [0.15, 0.2) is 0 Å². The van der Waals surface area contributed by atoms with Crippen molar-refractivity contribution in [2.24, 2.45) is 0 Å². The summed E-state index contributed by atoms with van der Waals surface area (Å²) in [5.41, 5.74) is 4.00. The van der Waals surface area contributed by atoms with Gasteiger partial charge in [-0.2, -0.15) is 0 Å². The molecule has 27 heavy (non-hydrogen) atoms. The number of ether oxygens (including phenoxy) is 1. The molecule has 6 heteroatoms. The zero-order valence-electron chi connectivity index (χ0n) is 15.1. The summed E-state index contributed by atoms with van der Waals surface area (Å²) < 4.78 is 11.8. The number of carbonyl (C=O) groups is 1. The largest absolute Gasteiger partial charge is 0.457 e. The first-order chi connectivity index (χ1) is 13.1. The zero-order chi connectivity index (χ0) is 18.8. The lowest BCUT2D eigenvalue weighted by Gasteiger charge is -2.08. The fraction of sp³-hybridized carbons (Fsp3) is 0.190. The third-order valence-electron chi connectivity index (χ3n) is 4.45. The van der Waals surface area contributed by atoms with Crippen LogP contribution in [0.25, 0.3) is 10.2 Å². The van der Waals surface area contributed by atoms with E-state index in [-0.39, 0.29) is 12.6 Å². The third-order valence-corrected chi connectivity index (χ3v) is 5.48. The molecule has 0 bridgehead atoms. The van der Waals surface area contributed by atoms with Crippen LogP contribution in [0.5, 0.6) is 0 Å². The normalized spacial score (nSPS) is 11.0. The number of para-hydroxylation sites is 1. The summed E-state index contributed by atoms with van der Waals surface area (Å²) in [7, 11) is 0. The van der Waals surface area contributed by atoms with Crippen molar-refractivity contribution in [3.05, 3.63) is 81.7 Å². The summed E-state index contributed by atoms with van der Waals surface area (Å²) in [6, 6.07) is 15.5. The molecule has 5 nitrogen and oxygen atoms in total. The van der Waals surface area contributed by atoms with E-state index in [1.165, 1.54) is 0 Å². The van der Waals surface area contributed by atoms with Crippen LogP contribution in [0.2, 0.25) is 0 Å². The average molecular weight is 378 g/mol. The van der Waals surface area contributed by atoms with Gasteiger partial charge in [0.1, 0.15) is 12.4 Å². The van der Waals surface area contributed by atoms with Gasteiger partial charge in [0.25, 0.3) is 0 Å². The molecule has 0 aliphatic rings. The number of benzene rings is 2. The first-order valence-electron chi connectivity index (χ1n) is 8.63. The summed E-state index contributed by atoms with van der Waals surface area (Å²) in [6.07, 6.45) is 0.593. The Kier molecular flexibility index (Phi) is 4.73. The van der Waals surface area contributed by atoms with Gasteiger partial charge in [-0.1, -0.05) is 35.5 Å². The van der Waals surface area contributed by atoms with Crippen LogP contribution < -0.4 is 0 Å². The molecule has 0 unspecified atom stereocenters. The van der Waals surface area contributed by atoms with Gasteiger partial charge < -0.3 is 9.26 Å². The minimum Gasteiger partial charge on any atom is -0.457 e. The van der Waals surface area contributed by atoms with Crippen LogP contribution in [0.1, 0.15) is 37.9 Å². The minimum absolute atomic E-state index is 0.148. The number of thiazole rings is 1. The van der Waals surface area contributed by atoms with Crippen molar-refractivity contribution in [2.45, 2.75) is 26.9 Å². The van der Waals surface area contributed by atoms with E-state index in [0.717, 1.165) is 32.0 Å². The molecular weight excluding hydrogens is 360 g/mol. The predicted octanol–water partition coefficient (Wildman–Crippen LogP) is 4.85. The number of carbonyl (C=O) groups excluding carboxylic acids is 1. The second kappa shape index (κ2) is 7.32. The van der Waals surface area contributed by atoms with Crippen LogP contribution in [0.3, 0.4) is 0 Å². The van der Waals surface area contributed by atoms with Crippen LogP contribution >= 0.6 is 11.3 Å². The van der Waals surface area contributed by atoms with Gasteiger partial charge in [0, 0.05) is 6.42 Å². The van der Waals surface area contributed by atoms with Crippen LogP contribution in [0, 0.1) is 13.8 Å². The standard InChI is InChI=1S/C21H18N2O3S/c1-13-17(14(2)26-23-13)12-25-21(24)16-8-4-3-7-15(16)11-20-22-18-9-5-6-10-19(18)27-20/h3-10H,11-12H2,1-2H3.